The number of nitrogens with zero attached hydrogens (tertiary/aromatic N) is 2. The summed E-state index contributed by atoms with van der Waals surface area (Å²) >= 11 is 0. The first-order chi connectivity index (χ1) is 17.9. The maximum Gasteiger partial charge on any atom is 0.256 e. The first-order valence-corrected chi connectivity index (χ1v) is 12.5. The van der Waals surface area contributed by atoms with E-state index in [1.165, 1.54) is 0 Å². The number of benzene rings is 2. The Morgan fingerprint density at radius 3 is 2.62 bits per heavy atom. The van der Waals surface area contributed by atoms with Crippen LogP contribution in [0.1, 0.15) is 32.9 Å². The Bertz CT molecular complexity index is 1380. The quantitative estimate of drug-likeness (QED) is 0.450. The SMILES string of the molecule is Cc1[nH]c(C=C2C(=O)Nc3cccc(-c4cccc(OCCO)c4)c32)c(C)c1C(=O)N1CCN(C)CC1. The summed E-state index contributed by atoms with van der Waals surface area (Å²) in [5.74, 6) is 0.490. The number of nitrogens with one attached hydrogen (secondary N) is 2. The normalized spacial score (nSPS) is 16.7. The number of hydrogen-bond acceptors (Lipinski definition) is 5. The molecule has 0 spiro atoms. The van der Waals surface area contributed by atoms with Gasteiger partial charge >= 0.3 is 0 Å². The second kappa shape index (κ2) is 10.2. The second-order valence-electron chi connectivity index (χ2n) is 9.60. The van der Waals surface area contributed by atoms with Crippen LogP contribution < -0.4 is 10.1 Å². The average molecular weight is 501 g/mol. The second-order valence-corrected chi connectivity index (χ2v) is 9.60. The van der Waals surface area contributed by atoms with Gasteiger partial charge in [-0.15, -0.1) is 0 Å². The van der Waals surface area contributed by atoms with Crippen molar-refractivity contribution in [3.05, 3.63) is 70.5 Å². The average Bonchev–Trinajstić information content (AvgIpc) is 3.37. The van der Waals surface area contributed by atoms with Crippen LogP contribution in [0.2, 0.25) is 0 Å². The molecule has 2 aromatic carbocycles. The lowest BCUT2D eigenvalue weighted by Crippen LogP contribution is -2.47. The third kappa shape index (κ3) is 4.77. The van der Waals surface area contributed by atoms with Crippen molar-refractivity contribution in [1.82, 2.24) is 14.8 Å². The lowest BCUT2D eigenvalue weighted by atomic mass is 9.94. The molecule has 3 heterocycles. The molecule has 0 aliphatic carbocycles. The summed E-state index contributed by atoms with van der Waals surface area (Å²) in [4.78, 5) is 34.0. The summed E-state index contributed by atoms with van der Waals surface area (Å²) in [5, 5.41) is 12.1. The Morgan fingerprint density at radius 2 is 1.86 bits per heavy atom. The molecule has 3 N–H and O–H groups in total. The number of rotatable bonds is 6. The van der Waals surface area contributed by atoms with Gasteiger partial charge in [0.25, 0.3) is 11.8 Å². The van der Waals surface area contributed by atoms with Crippen LogP contribution in [-0.2, 0) is 4.79 Å². The van der Waals surface area contributed by atoms with Crippen LogP contribution >= 0.6 is 0 Å². The zero-order valence-corrected chi connectivity index (χ0v) is 21.4. The Balaban J connectivity index is 1.53. The maximum absolute atomic E-state index is 13.4. The molecule has 5 rings (SSSR count). The summed E-state index contributed by atoms with van der Waals surface area (Å²) in [5.41, 5.74) is 6.96. The van der Waals surface area contributed by atoms with Gasteiger partial charge in [-0.05, 0) is 61.9 Å². The minimum absolute atomic E-state index is 0.0284. The number of carbonyl (C=O) groups is 2. The fraction of sp³-hybridized carbons (Fsp3) is 0.310. The van der Waals surface area contributed by atoms with E-state index in [1.54, 1.807) is 0 Å². The van der Waals surface area contributed by atoms with Crippen molar-refractivity contribution in [1.29, 1.82) is 0 Å². The summed E-state index contributed by atoms with van der Waals surface area (Å²) in [7, 11) is 2.07. The monoisotopic (exact) mass is 500 g/mol. The molecule has 1 saturated heterocycles. The molecule has 0 unspecified atom stereocenters. The molecule has 0 radical (unpaired) electrons. The largest absolute Gasteiger partial charge is 0.491 e. The minimum atomic E-state index is -0.186. The van der Waals surface area contributed by atoms with Crippen molar-refractivity contribution >= 4 is 29.2 Å². The molecular formula is C29H32N4O4. The summed E-state index contributed by atoms with van der Waals surface area (Å²) in [6.07, 6.45) is 1.85. The minimum Gasteiger partial charge on any atom is -0.491 e. The number of aromatic nitrogens is 1. The van der Waals surface area contributed by atoms with Crippen LogP contribution in [-0.4, -0.2) is 78.1 Å². The lowest BCUT2D eigenvalue weighted by molar-refractivity contribution is -0.110. The zero-order valence-electron chi connectivity index (χ0n) is 21.4. The third-order valence-electron chi connectivity index (χ3n) is 7.10. The van der Waals surface area contributed by atoms with Crippen molar-refractivity contribution < 1.29 is 19.4 Å². The van der Waals surface area contributed by atoms with Crippen LogP contribution in [0.5, 0.6) is 5.75 Å². The zero-order chi connectivity index (χ0) is 26.1. The molecule has 192 valence electrons. The number of aliphatic hydroxyl groups excluding tert-OH is 1. The summed E-state index contributed by atoms with van der Waals surface area (Å²) in [6, 6.07) is 13.4. The van der Waals surface area contributed by atoms with E-state index in [0.29, 0.717) is 30.0 Å². The van der Waals surface area contributed by atoms with Crippen molar-refractivity contribution in [3.63, 3.8) is 0 Å². The lowest BCUT2D eigenvalue weighted by Gasteiger charge is -2.32. The van der Waals surface area contributed by atoms with Gasteiger partial charge in [-0.2, -0.15) is 0 Å². The van der Waals surface area contributed by atoms with Gasteiger partial charge in [-0.1, -0.05) is 24.3 Å². The Labute approximate surface area is 216 Å². The van der Waals surface area contributed by atoms with Crippen LogP contribution in [0.3, 0.4) is 0 Å². The summed E-state index contributed by atoms with van der Waals surface area (Å²) in [6.45, 7) is 7.11. The number of aromatic amines is 1. The van der Waals surface area contributed by atoms with E-state index < -0.39 is 0 Å². The first-order valence-electron chi connectivity index (χ1n) is 12.5. The van der Waals surface area contributed by atoms with Crippen molar-refractivity contribution in [2.45, 2.75) is 13.8 Å². The number of carbonyl (C=O) groups excluding carboxylic acids is 2. The molecule has 2 aliphatic rings. The number of H-pyrrole nitrogens is 1. The molecule has 0 saturated carbocycles. The van der Waals surface area contributed by atoms with Gasteiger partial charge in [0.05, 0.1) is 17.7 Å². The maximum atomic E-state index is 13.4. The molecule has 8 heteroatoms. The number of piperazine rings is 1. The van der Waals surface area contributed by atoms with Crippen LogP contribution in [0.4, 0.5) is 5.69 Å². The highest BCUT2D eigenvalue weighted by Gasteiger charge is 2.29. The number of ether oxygens (including phenoxy) is 1. The molecule has 3 aromatic rings. The van der Waals surface area contributed by atoms with Gasteiger partial charge in [0.15, 0.2) is 0 Å². The van der Waals surface area contributed by atoms with E-state index in [0.717, 1.165) is 52.4 Å². The third-order valence-corrected chi connectivity index (χ3v) is 7.10. The number of amides is 2. The van der Waals surface area contributed by atoms with E-state index in [9.17, 15) is 9.59 Å². The Hall–Kier alpha value is -3.88. The number of anilines is 1. The highest BCUT2D eigenvalue weighted by Crippen LogP contribution is 2.41. The molecule has 2 amide bonds. The van der Waals surface area contributed by atoms with Gasteiger partial charge in [0.2, 0.25) is 0 Å². The van der Waals surface area contributed by atoms with Crippen molar-refractivity contribution in [2.24, 2.45) is 0 Å². The molecule has 0 atom stereocenters. The van der Waals surface area contributed by atoms with Crippen LogP contribution in [0, 0.1) is 13.8 Å². The smallest absolute Gasteiger partial charge is 0.256 e. The highest BCUT2D eigenvalue weighted by molar-refractivity contribution is 6.36. The molecule has 2 aliphatic heterocycles. The Morgan fingerprint density at radius 1 is 1.11 bits per heavy atom. The fourth-order valence-electron chi connectivity index (χ4n) is 5.10. The van der Waals surface area contributed by atoms with Crippen LogP contribution in [0.15, 0.2) is 42.5 Å². The van der Waals surface area contributed by atoms with E-state index in [1.807, 2.05) is 67.3 Å². The van der Waals surface area contributed by atoms with Gasteiger partial charge < -0.3 is 29.9 Å². The predicted octanol–water partition coefficient (Wildman–Crippen LogP) is 3.55. The topological polar surface area (TPSA) is 97.9 Å². The van der Waals surface area contributed by atoms with Gasteiger partial charge in [0.1, 0.15) is 12.4 Å². The molecule has 37 heavy (non-hydrogen) atoms. The van der Waals surface area contributed by atoms with E-state index in [2.05, 4.69) is 22.2 Å². The van der Waals surface area contributed by atoms with E-state index >= 15 is 0 Å². The molecular weight excluding hydrogens is 468 g/mol. The number of aliphatic hydroxyl groups is 1. The predicted molar refractivity (Wildman–Crippen MR) is 145 cm³/mol. The van der Waals surface area contributed by atoms with Crippen LogP contribution in [0.25, 0.3) is 22.8 Å². The van der Waals surface area contributed by atoms with Crippen molar-refractivity contribution in [2.75, 3.05) is 51.8 Å². The summed E-state index contributed by atoms with van der Waals surface area (Å²) < 4.78 is 5.60. The molecule has 0 bridgehead atoms. The van der Waals surface area contributed by atoms with Gasteiger partial charge in [-0.25, -0.2) is 0 Å². The number of aryl methyl sites for hydroxylation is 1. The van der Waals surface area contributed by atoms with Crippen molar-refractivity contribution in [3.8, 4) is 16.9 Å². The van der Waals surface area contributed by atoms with E-state index in [-0.39, 0.29) is 25.0 Å². The first kappa shape index (κ1) is 24.8. The molecule has 1 aromatic heterocycles. The molecule has 8 nitrogen and oxygen atoms in total. The highest BCUT2D eigenvalue weighted by atomic mass is 16.5. The standard InChI is InChI=1S/C29H32N4O4/c1-18-25(30-19(2)26(18)29(36)33-12-10-32(3)11-13-33)17-23-27-22(8-5-9-24(27)31-28(23)35)20-6-4-7-21(16-20)37-15-14-34/h4-9,16-17,30,34H,10-15H2,1-3H3,(H,31,35). The van der Waals surface area contributed by atoms with E-state index in [4.69, 9.17) is 9.84 Å². The molecule has 1 fully saturated rings. The number of hydrogen-bond donors (Lipinski definition) is 3. The number of likely N-dealkylation sites (N-methyl/N-ethyl adjacent to an activating group) is 1. The van der Waals surface area contributed by atoms with Gasteiger partial charge in [-0.3, -0.25) is 9.59 Å². The van der Waals surface area contributed by atoms with Gasteiger partial charge in [0, 0.05) is 48.8 Å². The Kier molecular flexibility index (Phi) is 6.86. The fourth-order valence-corrected chi connectivity index (χ4v) is 5.10. The number of fused-ring (bicyclic) bond motifs is 1.